The normalized spacial score (nSPS) is 14.4. The molecule has 160 valence electrons. The molecule has 0 saturated heterocycles. The van der Waals surface area contributed by atoms with Crippen LogP contribution in [-0.2, 0) is 16.0 Å². The number of fused-ring (bicyclic) bond motifs is 1. The van der Waals surface area contributed by atoms with E-state index in [2.05, 4.69) is 27.1 Å². The van der Waals surface area contributed by atoms with E-state index in [9.17, 15) is 9.59 Å². The summed E-state index contributed by atoms with van der Waals surface area (Å²) < 4.78 is 11.0. The maximum atomic E-state index is 12.7. The Kier molecular flexibility index (Phi) is 5.35. The lowest BCUT2D eigenvalue weighted by Crippen LogP contribution is -2.17. The number of nitrogens with one attached hydrogen (secondary N) is 1. The molecule has 1 aromatic carbocycles. The van der Waals surface area contributed by atoms with E-state index < -0.39 is 0 Å². The average molecular weight is 429 g/mol. The minimum absolute atomic E-state index is 0.0991. The Morgan fingerprint density at radius 1 is 1.09 bits per heavy atom. The molecule has 2 heterocycles. The predicted octanol–water partition coefficient (Wildman–Crippen LogP) is 1.05. The van der Waals surface area contributed by atoms with Crippen molar-refractivity contribution in [1.29, 1.82) is 0 Å². The van der Waals surface area contributed by atoms with Crippen molar-refractivity contribution in [2.24, 2.45) is 0 Å². The van der Waals surface area contributed by atoms with Gasteiger partial charge in [0.1, 0.15) is 5.82 Å². The zero-order chi connectivity index (χ0) is 22.8. The number of hydrogen-bond acceptors (Lipinski definition) is 8. The molecule has 0 atom stereocenters. The predicted molar refractivity (Wildman–Crippen MR) is 117 cm³/mol. The molecule has 32 heavy (non-hydrogen) atoms. The van der Waals surface area contributed by atoms with Crippen LogP contribution in [0.15, 0.2) is 53.4 Å². The Morgan fingerprint density at radius 3 is 2.62 bits per heavy atom. The van der Waals surface area contributed by atoms with Gasteiger partial charge in [0.05, 0.1) is 36.6 Å². The number of carbonyl (C=O) groups is 2. The van der Waals surface area contributed by atoms with Crippen LogP contribution in [0.25, 0.3) is 0 Å². The van der Waals surface area contributed by atoms with Gasteiger partial charge in [0.15, 0.2) is 11.5 Å². The number of carbonyl (C=O) groups excluding carboxylic acids is 2. The van der Waals surface area contributed by atoms with Crippen molar-refractivity contribution in [3.8, 4) is 23.3 Å². The van der Waals surface area contributed by atoms with Crippen molar-refractivity contribution in [2.45, 2.75) is 6.42 Å². The van der Waals surface area contributed by atoms with Gasteiger partial charge in [0, 0.05) is 24.3 Å². The second-order valence-electron chi connectivity index (χ2n) is 6.98. The molecule has 0 unspecified atom stereocenters. The molecule has 1 amide bonds. The highest BCUT2D eigenvalue weighted by atomic mass is 16.5. The second kappa shape index (κ2) is 8.28. The number of nitrogens with two attached hydrogens (primary N) is 2. The third kappa shape index (κ3) is 3.89. The minimum atomic E-state index is -0.327. The highest BCUT2D eigenvalue weighted by Gasteiger charge is 2.27. The van der Waals surface area contributed by atoms with Gasteiger partial charge in [-0.05, 0) is 29.8 Å². The minimum Gasteiger partial charge on any atom is -0.493 e. The topological polar surface area (TPSA) is 142 Å². The fourth-order valence-corrected chi connectivity index (χ4v) is 3.39. The highest BCUT2D eigenvalue weighted by Crippen LogP contribution is 2.33. The number of ether oxygens (including phenoxy) is 2. The molecular weight excluding hydrogens is 410 g/mol. The molecule has 9 heteroatoms. The number of benzene rings is 1. The van der Waals surface area contributed by atoms with E-state index in [0.29, 0.717) is 40.3 Å². The van der Waals surface area contributed by atoms with Crippen molar-refractivity contribution in [3.63, 3.8) is 0 Å². The van der Waals surface area contributed by atoms with E-state index in [1.165, 1.54) is 20.3 Å². The van der Waals surface area contributed by atoms with Crippen LogP contribution in [0.5, 0.6) is 11.5 Å². The first kappa shape index (κ1) is 20.7. The number of nitrogens with zero attached hydrogens (tertiary/aromatic N) is 2. The molecule has 5 N–H and O–H groups in total. The quantitative estimate of drug-likeness (QED) is 0.612. The van der Waals surface area contributed by atoms with Gasteiger partial charge in [-0.3, -0.25) is 9.59 Å². The third-order valence-electron chi connectivity index (χ3n) is 4.91. The van der Waals surface area contributed by atoms with Crippen LogP contribution in [0.3, 0.4) is 0 Å². The molecule has 9 nitrogen and oxygen atoms in total. The van der Waals surface area contributed by atoms with Crippen LogP contribution >= 0.6 is 0 Å². The van der Waals surface area contributed by atoms with E-state index in [1.54, 1.807) is 24.4 Å². The Morgan fingerprint density at radius 2 is 1.91 bits per heavy atom. The molecule has 0 saturated carbocycles. The summed E-state index contributed by atoms with van der Waals surface area (Å²) in [6, 6.07) is 3.62. The van der Waals surface area contributed by atoms with Crippen LogP contribution in [0.1, 0.15) is 16.7 Å². The largest absolute Gasteiger partial charge is 0.493 e. The summed E-state index contributed by atoms with van der Waals surface area (Å²) in [7, 11) is 3.03. The van der Waals surface area contributed by atoms with Crippen LogP contribution in [0, 0.1) is 11.8 Å². The monoisotopic (exact) mass is 429 g/mol. The van der Waals surface area contributed by atoms with Crippen molar-refractivity contribution >= 4 is 23.5 Å². The lowest BCUT2D eigenvalue weighted by molar-refractivity contribution is -0.115. The summed E-state index contributed by atoms with van der Waals surface area (Å²) in [5.41, 5.74) is 14.6. The van der Waals surface area contributed by atoms with Crippen molar-refractivity contribution in [3.05, 3.63) is 70.1 Å². The number of nitrogen functional groups attached to an aromatic ring is 2. The fourth-order valence-electron chi connectivity index (χ4n) is 3.39. The first-order chi connectivity index (χ1) is 15.4. The molecule has 1 aliphatic carbocycles. The van der Waals surface area contributed by atoms with Gasteiger partial charge in [-0.1, -0.05) is 11.8 Å². The third-order valence-corrected chi connectivity index (χ3v) is 4.91. The van der Waals surface area contributed by atoms with Gasteiger partial charge in [0.25, 0.3) is 0 Å². The summed E-state index contributed by atoms with van der Waals surface area (Å²) in [6.45, 7) is 0. The van der Waals surface area contributed by atoms with Crippen molar-refractivity contribution in [2.75, 3.05) is 25.7 Å². The Bertz CT molecular complexity index is 1310. The van der Waals surface area contributed by atoms with Crippen LogP contribution < -0.4 is 26.3 Å². The molecule has 2 aliphatic rings. The number of allylic oxidation sites excluding steroid dienone is 4. The number of Topliss-reactive ketones (excluding diaryl/α,β-unsaturated/α-hetero) is 1. The zero-order valence-electron chi connectivity index (χ0n) is 17.4. The Balaban J connectivity index is 1.71. The molecule has 1 aromatic heterocycles. The number of aromatic nitrogens is 2. The molecule has 2 aromatic rings. The molecule has 0 fully saturated rings. The van der Waals surface area contributed by atoms with Crippen molar-refractivity contribution in [1.82, 2.24) is 15.3 Å². The summed E-state index contributed by atoms with van der Waals surface area (Å²) in [6.07, 6.45) is 6.48. The molecular formula is C23H19N5O4. The van der Waals surface area contributed by atoms with Gasteiger partial charge in [0.2, 0.25) is 17.6 Å². The number of amides is 1. The maximum absolute atomic E-state index is 12.7. The molecule has 0 bridgehead atoms. The highest BCUT2D eigenvalue weighted by molar-refractivity contribution is 6.20. The average Bonchev–Trinajstić information content (AvgIpc) is 3.16. The van der Waals surface area contributed by atoms with Crippen LogP contribution in [-0.4, -0.2) is 35.9 Å². The van der Waals surface area contributed by atoms with E-state index in [0.717, 1.165) is 5.56 Å². The lowest BCUT2D eigenvalue weighted by Gasteiger charge is -2.13. The van der Waals surface area contributed by atoms with Crippen molar-refractivity contribution < 1.29 is 19.1 Å². The number of anilines is 2. The number of methoxy groups -OCH3 is 2. The summed E-state index contributed by atoms with van der Waals surface area (Å²) in [5.74, 6) is 6.53. The van der Waals surface area contributed by atoms with E-state index in [1.807, 2.05) is 6.07 Å². The lowest BCUT2D eigenvalue weighted by atomic mass is 9.96. The zero-order valence-corrected chi connectivity index (χ0v) is 17.4. The van der Waals surface area contributed by atoms with E-state index >= 15 is 0 Å². The Hall–Kier alpha value is -4.58. The molecule has 0 radical (unpaired) electrons. The second-order valence-corrected chi connectivity index (χ2v) is 6.98. The number of ketones is 1. The van der Waals surface area contributed by atoms with Gasteiger partial charge in [-0.25, -0.2) is 4.98 Å². The maximum Gasteiger partial charge on any atom is 0.249 e. The van der Waals surface area contributed by atoms with Crippen LogP contribution in [0.4, 0.5) is 11.8 Å². The number of rotatable bonds is 4. The van der Waals surface area contributed by atoms with Crippen LogP contribution in [0.2, 0.25) is 0 Å². The van der Waals surface area contributed by atoms with Gasteiger partial charge >= 0.3 is 0 Å². The Labute approximate surface area is 183 Å². The molecule has 4 rings (SSSR count). The summed E-state index contributed by atoms with van der Waals surface area (Å²) >= 11 is 0. The first-order valence-corrected chi connectivity index (χ1v) is 9.53. The summed E-state index contributed by atoms with van der Waals surface area (Å²) in [5, 5.41) is 2.60. The number of hydrogen-bond donors (Lipinski definition) is 3. The standard InChI is InChI=1S/C23H19N5O4/c1-31-18-9-12(8-15-11-26-23(25)28-22(15)24)7-14(21(18)32-2)4-3-13-5-6-17-16(20(13)30)10-19(29)27-17/h5-7,9-11H,8H2,1-2H3,(H,27,29)(H4,24,25,26,28). The SMILES string of the molecule is COc1cc(Cc2cnc(N)nc2N)cc(C#CC2=CC=C3NC(=O)C=C3C2=O)c1OC. The smallest absolute Gasteiger partial charge is 0.249 e. The van der Waals surface area contributed by atoms with Gasteiger partial charge in [-0.15, -0.1) is 0 Å². The first-order valence-electron chi connectivity index (χ1n) is 9.53. The van der Waals surface area contributed by atoms with Gasteiger partial charge in [-0.2, -0.15) is 4.98 Å². The molecule has 1 aliphatic heterocycles. The van der Waals surface area contributed by atoms with E-state index in [-0.39, 0.29) is 29.0 Å². The fraction of sp³-hybridized carbons (Fsp3) is 0.130. The summed E-state index contributed by atoms with van der Waals surface area (Å²) in [4.78, 5) is 32.2. The van der Waals surface area contributed by atoms with Gasteiger partial charge < -0.3 is 26.3 Å². The van der Waals surface area contributed by atoms with E-state index in [4.69, 9.17) is 20.9 Å². The molecule has 0 spiro atoms.